The predicted molar refractivity (Wildman–Crippen MR) is 92.7 cm³/mol. The molecule has 1 aliphatic heterocycles. The third kappa shape index (κ3) is 5.61. The van der Waals surface area contributed by atoms with E-state index >= 15 is 0 Å². The minimum Gasteiger partial charge on any atom is -0.342 e. The van der Waals surface area contributed by atoms with Crippen LogP contribution in [0.3, 0.4) is 0 Å². The van der Waals surface area contributed by atoms with Crippen LogP contribution in [0.2, 0.25) is 0 Å². The molecule has 1 saturated heterocycles. The number of carbonyl (C=O) groups excluding carboxylic acids is 1. The summed E-state index contributed by atoms with van der Waals surface area (Å²) in [6.07, 6.45) is -0.239. The molecule has 3 nitrogen and oxygen atoms in total. The first kappa shape index (κ1) is 20.0. The predicted octanol–water partition coefficient (Wildman–Crippen LogP) is 3.66. The monoisotopic (exact) mass is 376 g/mol. The van der Waals surface area contributed by atoms with Crippen LogP contribution in [0.25, 0.3) is 0 Å². The number of carbonyl (C=O) groups is 1. The number of nitrogens with zero attached hydrogens (tertiary/aromatic N) is 1. The van der Waals surface area contributed by atoms with Crippen molar-refractivity contribution >= 4 is 18.3 Å². The number of halogens is 4. The zero-order valence-corrected chi connectivity index (χ0v) is 14.8. The molecule has 0 unspecified atom stereocenters. The molecule has 1 N–H and O–H groups in total. The highest BCUT2D eigenvalue weighted by atomic mass is 35.5. The summed E-state index contributed by atoms with van der Waals surface area (Å²) >= 11 is 0. The van der Waals surface area contributed by atoms with Gasteiger partial charge in [0.15, 0.2) is 0 Å². The summed E-state index contributed by atoms with van der Waals surface area (Å²) in [6, 6.07) is 5.76. The molecule has 0 spiro atoms. The van der Waals surface area contributed by atoms with E-state index in [4.69, 9.17) is 0 Å². The van der Waals surface area contributed by atoms with E-state index in [2.05, 4.69) is 5.32 Å². The lowest BCUT2D eigenvalue weighted by molar-refractivity contribution is -0.138. The lowest BCUT2D eigenvalue weighted by atomic mass is 10.0. The number of amides is 1. The van der Waals surface area contributed by atoms with Gasteiger partial charge in [0, 0.05) is 19.1 Å². The van der Waals surface area contributed by atoms with Gasteiger partial charge in [-0.25, -0.2) is 0 Å². The smallest absolute Gasteiger partial charge is 0.342 e. The van der Waals surface area contributed by atoms with Gasteiger partial charge in [-0.15, -0.1) is 12.4 Å². The summed E-state index contributed by atoms with van der Waals surface area (Å²) in [7, 11) is 0. The van der Waals surface area contributed by atoms with Crippen LogP contribution in [-0.2, 0) is 17.4 Å². The van der Waals surface area contributed by atoms with Crippen molar-refractivity contribution in [1.82, 2.24) is 10.2 Å². The highest BCUT2D eigenvalue weighted by Crippen LogP contribution is 2.32. The van der Waals surface area contributed by atoms with Crippen LogP contribution in [0.1, 0.15) is 36.8 Å². The second-order valence-electron chi connectivity index (χ2n) is 6.84. The lowest BCUT2D eigenvalue weighted by Gasteiger charge is -2.33. The summed E-state index contributed by atoms with van der Waals surface area (Å²) in [5.41, 5.74) is -0.650. The molecule has 25 heavy (non-hydrogen) atoms. The van der Waals surface area contributed by atoms with Crippen LogP contribution in [0.15, 0.2) is 24.3 Å². The molecule has 0 atom stereocenters. The molecule has 1 saturated carbocycles. The lowest BCUT2D eigenvalue weighted by Crippen LogP contribution is -2.45. The Kier molecular flexibility index (Phi) is 6.74. The van der Waals surface area contributed by atoms with Crippen molar-refractivity contribution in [3.05, 3.63) is 35.4 Å². The second kappa shape index (κ2) is 8.41. The molecule has 0 radical (unpaired) electrons. The minimum atomic E-state index is -4.42. The molecule has 1 aliphatic carbocycles. The van der Waals surface area contributed by atoms with Gasteiger partial charge in [-0.3, -0.25) is 4.79 Å². The third-order valence-electron chi connectivity index (χ3n) is 4.90. The van der Waals surface area contributed by atoms with Crippen LogP contribution in [0.5, 0.6) is 0 Å². The molecule has 1 aromatic carbocycles. The Hall–Kier alpha value is -1.27. The number of alkyl halides is 3. The van der Waals surface area contributed by atoms with Gasteiger partial charge in [-0.05, 0) is 49.8 Å². The molecule has 2 fully saturated rings. The number of likely N-dealkylation sites (tertiary alicyclic amines) is 1. The molecule has 7 heteroatoms. The molecular weight excluding hydrogens is 353 g/mol. The van der Waals surface area contributed by atoms with Crippen molar-refractivity contribution in [1.29, 1.82) is 0 Å². The van der Waals surface area contributed by atoms with Gasteiger partial charge in [0.05, 0.1) is 12.0 Å². The Morgan fingerprint density at radius 3 is 2.36 bits per heavy atom. The Labute approximate surface area is 152 Å². The van der Waals surface area contributed by atoms with Gasteiger partial charge < -0.3 is 10.2 Å². The van der Waals surface area contributed by atoms with Crippen molar-refractivity contribution in [2.75, 3.05) is 19.6 Å². The summed E-state index contributed by atoms with van der Waals surface area (Å²) < 4.78 is 39.0. The largest absolute Gasteiger partial charge is 0.416 e. The van der Waals surface area contributed by atoms with Crippen LogP contribution >= 0.6 is 12.4 Å². The Bertz CT molecular complexity index is 582. The third-order valence-corrected chi connectivity index (χ3v) is 4.90. The average Bonchev–Trinajstić information content (AvgIpc) is 3.37. The van der Waals surface area contributed by atoms with E-state index < -0.39 is 11.7 Å². The molecule has 1 aromatic rings. The molecule has 0 aromatic heterocycles. The van der Waals surface area contributed by atoms with Crippen LogP contribution < -0.4 is 5.32 Å². The number of nitrogens with one attached hydrogen (secondary N) is 1. The van der Waals surface area contributed by atoms with Gasteiger partial charge in [0.25, 0.3) is 0 Å². The molecular formula is C18H24ClF3N2O. The number of rotatable bonds is 5. The van der Waals surface area contributed by atoms with Gasteiger partial charge in [0.2, 0.25) is 5.91 Å². The maximum Gasteiger partial charge on any atom is 0.416 e. The van der Waals surface area contributed by atoms with Gasteiger partial charge in [-0.2, -0.15) is 13.2 Å². The summed E-state index contributed by atoms with van der Waals surface area (Å²) in [6.45, 7) is 2.29. The fraction of sp³-hybridized carbons (Fsp3) is 0.611. The van der Waals surface area contributed by atoms with Crippen molar-refractivity contribution in [3.63, 3.8) is 0 Å². The van der Waals surface area contributed by atoms with Gasteiger partial charge >= 0.3 is 6.18 Å². The van der Waals surface area contributed by atoms with E-state index in [1.807, 2.05) is 0 Å². The average molecular weight is 377 g/mol. The van der Waals surface area contributed by atoms with E-state index in [0.717, 1.165) is 31.4 Å². The number of piperidine rings is 1. The summed E-state index contributed by atoms with van der Waals surface area (Å²) in [5.74, 6) is 0.607. The van der Waals surface area contributed by atoms with E-state index in [1.54, 1.807) is 11.0 Å². The SMILES string of the molecule is Cl.O=C(Cc1ccccc1C(F)(F)F)N1CCC(NCC2CC2)CC1. The first-order valence-corrected chi connectivity index (χ1v) is 8.60. The Morgan fingerprint density at radius 1 is 1.12 bits per heavy atom. The number of hydrogen-bond acceptors (Lipinski definition) is 2. The molecule has 3 rings (SSSR count). The van der Waals surface area contributed by atoms with Crippen LogP contribution in [0, 0.1) is 5.92 Å². The van der Waals surface area contributed by atoms with E-state index in [1.165, 1.54) is 25.0 Å². The Morgan fingerprint density at radius 2 is 1.76 bits per heavy atom. The summed E-state index contributed by atoms with van der Waals surface area (Å²) in [4.78, 5) is 14.1. The van der Waals surface area contributed by atoms with Gasteiger partial charge in [0.1, 0.15) is 0 Å². The van der Waals surface area contributed by atoms with Crippen LogP contribution in [-0.4, -0.2) is 36.5 Å². The number of hydrogen-bond donors (Lipinski definition) is 1. The van der Waals surface area contributed by atoms with E-state index in [9.17, 15) is 18.0 Å². The quantitative estimate of drug-likeness (QED) is 0.850. The second-order valence-corrected chi connectivity index (χ2v) is 6.84. The van der Waals surface area contributed by atoms with E-state index in [-0.39, 0.29) is 30.3 Å². The molecule has 1 heterocycles. The standard InChI is InChI=1S/C18H23F3N2O.ClH/c19-18(20,21)16-4-2-1-3-14(16)11-17(24)23-9-7-15(8-10-23)22-12-13-5-6-13;/h1-4,13,15,22H,5-12H2;1H. The van der Waals surface area contributed by atoms with Crippen LogP contribution in [0.4, 0.5) is 13.2 Å². The molecule has 1 amide bonds. The zero-order chi connectivity index (χ0) is 17.2. The first-order chi connectivity index (χ1) is 11.4. The highest BCUT2D eigenvalue weighted by molar-refractivity contribution is 5.85. The maximum absolute atomic E-state index is 13.0. The first-order valence-electron chi connectivity index (χ1n) is 8.60. The molecule has 0 bridgehead atoms. The van der Waals surface area contributed by atoms with Crippen molar-refractivity contribution in [2.24, 2.45) is 5.92 Å². The molecule has 2 aliphatic rings. The van der Waals surface area contributed by atoms with Crippen molar-refractivity contribution in [3.8, 4) is 0 Å². The maximum atomic E-state index is 13.0. The Balaban J connectivity index is 0.00000225. The highest BCUT2D eigenvalue weighted by Gasteiger charge is 2.34. The fourth-order valence-corrected chi connectivity index (χ4v) is 3.21. The van der Waals surface area contributed by atoms with Crippen molar-refractivity contribution in [2.45, 2.75) is 44.3 Å². The van der Waals surface area contributed by atoms with Crippen molar-refractivity contribution < 1.29 is 18.0 Å². The normalized spacial score (nSPS) is 18.8. The summed E-state index contributed by atoms with van der Waals surface area (Å²) in [5, 5.41) is 3.53. The van der Waals surface area contributed by atoms with E-state index in [0.29, 0.717) is 19.1 Å². The molecule has 140 valence electrons. The topological polar surface area (TPSA) is 32.3 Å². The zero-order valence-electron chi connectivity index (χ0n) is 14.0. The van der Waals surface area contributed by atoms with Gasteiger partial charge in [-0.1, -0.05) is 18.2 Å². The fourth-order valence-electron chi connectivity index (χ4n) is 3.21. The minimum absolute atomic E-state index is 0. The number of benzene rings is 1.